The Morgan fingerprint density at radius 1 is 1.07 bits per heavy atom. The molecule has 1 aliphatic rings. The van der Waals surface area contributed by atoms with Gasteiger partial charge < -0.3 is 0 Å². The average molecular weight is 189 g/mol. The van der Waals surface area contributed by atoms with Gasteiger partial charge in [-0.2, -0.15) is 0 Å². The highest BCUT2D eigenvalue weighted by atomic mass is 15.1. The molecule has 1 heterocycles. The highest BCUT2D eigenvalue weighted by molar-refractivity contribution is 5.30. The van der Waals surface area contributed by atoms with Crippen LogP contribution in [0.5, 0.6) is 0 Å². The van der Waals surface area contributed by atoms with Crippen LogP contribution in [0, 0.1) is 5.41 Å². The van der Waals surface area contributed by atoms with Gasteiger partial charge in [0.25, 0.3) is 0 Å². The van der Waals surface area contributed by atoms with Gasteiger partial charge in [-0.05, 0) is 16.5 Å². The second kappa shape index (κ2) is 3.39. The topological polar surface area (TPSA) is 3.24 Å². The maximum atomic E-state index is 2.53. The number of benzene rings is 1. The summed E-state index contributed by atoms with van der Waals surface area (Å²) in [6.07, 6.45) is 0. The summed E-state index contributed by atoms with van der Waals surface area (Å²) in [5, 5.41) is 0. The molecule has 0 spiro atoms. The lowest BCUT2D eigenvalue weighted by Crippen LogP contribution is -2.28. The van der Waals surface area contributed by atoms with E-state index in [2.05, 4.69) is 49.9 Å². The van der Waals surface area contributed by atoms with E-state index in [1.54, 1.807) is 0 Å². The monoisotopic (exact) mass is 189 g/mol. The van der Waals surface area contributed by atoms with Crippen LogP contribution < -0.4 is 0 Å². The molecule has 0 saturated carbocycles. The SMILES string of the molecule is CC(C)(C)CN1Cc2ccccc2C1. The molecule has 0 aliphatic carbocycles. The quantitative estimate of drug-likeness (QED) is 0.656. The zero-order valence-electron chi connectivity index (χ0n) is 9.38. The predicted molar refractivity (Wildman–Crippen MR) is 60.0 cm³/mol. The summed E-state index contributed by atoms with van der Waals surface area (Å²) in [6.45, 7) is 10.4. The van der Waals surface area contributed by atoms with Gasteiger partial charge in [-0.25, -0.2) is 0 Å². The molecule has 0 bridgehead atoms. The first-order chi connectivity index (χ1) is 6.54. The van der Waals surface area contributed by atoms with Crippen LogP contribution in [0.15, 0.2) is 24.3 Å². The second-order valence-corrected chi connectivity index (χ2v) is 5.47. The van der Waals surface area contributed by atoms with E-state index in [1.165, 1.54) is 17.7 Å². The van der Waals surface area contributed by atoms with Crippen LogP contribution in [0.3, 0.4) is 0 Å². The number of nitrogens with zero attached hydrogens (tertiary/aromatic N) is 1. The van der Waals surface area contributed by atoms with Gasteiger partial charge in [-0.15, -0.1) is 0 Å². The molecular formula is C13H19N. The van der Waals surface area contributed by atoms with Crippen LogP contribution in [0.4, 0.5) is 0 Å². The van der Waals surface area contributed by atoms with Gasteiger partial charge in [0.2, 0.25) is 0 Å². The lowest BCUT2D eigenvalue weighted by molar-refractivity contribution is 0.193. The fraction of sp³-hybridized carbons (Fsp3) is 0.538. The second-order valence-electron chi connectivity index (χ2n) is 5.47. The molecule has 0 aromatic heterocycles. The third-order valence-electron chi connectivity index (χ3n) is 2.60. The molecule has 0 amide bonds. The normalized spacial score (nSPS) is 17.1. The van der Waals surface area contributed by atoms with Crippen LogP contribution in [-0.2, 0) is 13.1 Å². The van der Waals surface area contributed by atoms with Gasteiger partial charge in [-0.1, -0.05) is 45.0 Å². The van der Waals surface area contributed by atoms with Crippen molar-refractivity contribution in [2.24, 2.45) is 5.41 Å². The first kappa shape index (κ1) is 9.72. The Morgan fingerprint density at radius 3 is 2.00 bits per heavy atom. The minimum absolute atomic E-state index is 0.405. The van der Waals surface area contributed by atoms with E-state index < -0.39 is 0 Å². The number of hydrogen-bond acceptors (Lipinski definition) is 1. The highest BCUT2D eigenvalue weighted by Crippen LogP contribution is 2.25. The van der Waals surface area contributed by atoms with Gasteiger partial charge in [0.05, 0.1) is 0 Å². The van der Waals surface area contributed by atoms with Gasteiger partial charge in [0.1, 0.15) is 0 Å². The van der Waals surface area contributed by atoms with Crippen molar-refractivity contribution in [3.8, 4) is 0 Å². The molecule has 0 unspecified atom stereocenters. The van der Waals surface area contributed by atoms with Crippen LogP contribution in [0.1, 0.15) is 31.9 Å². The van der Waals surface area contributed by atoms with E-state index in [9.17, 15) is 0 Å². The molecular weight excluding hydrogens is 170 g/mol. The molecule has 0 atom stereocenters. The molecule has 76 valence electrons. The zero-order valence-corrected chi connectivity index (χ0v) is 9.38. The standard InChI is InChI=1S/C13H19N/c1-13(2,3)10-14-8-11-6-4-5-7-12(11)9-14/h4-7H,8-10H2,1-3H3. The van der Waals surface area contributed by atoms with Crippen LogP contribution in [0.25, 0.3) is 0 Å². The summed E-state index contributed by atoms with van der Waals surface area (Å²) in [7, 11) is 0. The van der Waals surface area contributed by atoms with E-state index in [4.69, 9.17) is 0 Å². The fourth-order valence-corrected chi connectivity index (χ4v) is 2.19. The summed E-state index contributed by atoms with van der Waals surface area (Å²) in [6, 6.07) is 8.77. The Bertz CT molecular complexity index is 297. The Labute approximate surface area is 86.7 Å². The summed E-state index contributed by atoms with van der Waals surface area (Å²) in [5.74, 6) is 0. The molecule has 0 radical (unpaired) electrons. The molecule has 1 nitrogen and oxygen atoms in total. The van der Waals surface area contributed by atoms with Crippen molar-refractivity contribution in [1.82, 2.24) is 4.90 Å². The third-order valence-corrected chi connectivity index (χ3v) is 2.60. The Balaban J connectivity index is 2.05. The van der Waals surface area contributed by atoms with Gasteiger partial charge in [-0.3, -0.25) is 4.90 Å². The number of rotatable bonds is 1. The Morgan fingerprint density at radius 2 is 1.57 bits per heavy atom. The summed E-state index contributed by atoms with van der Waals surface area (Å²) < 4.78 is 0. The summed E-state index contributed by atoms with van der Waals surface area (Å²) in [4.78, 5) is 2.53. The number of fused-ring (bicyclic) bond motifs is 1. The molecule has 2 rings (SSSR count). The highest BCUT2D eigenvalue weighted by Gasteiger charge is 2.22. The maximum absolute atomic E-state index is 2.53. The first-order valence-corrected chi connectivity index (χ1v) is 5.34. The molecule has 0 saturated heterocycles. The number of hydrogen-bond donors (Lipinski definition) is 0. The Kier molecular flexibility index (Phi) is 2.36. The maximum Gasteiger partial charge on any atom is 0.0240 e. The van der Waals surface area contributed by atoms with Crippen LogP contribution >= 0.6 is 0 Å². The fourth-order valence-electron chi connectivity index (χ4n) is 2.19. The van der Waals surface area contributed by atoms with E-state index in [1.807, 2.05) is 0 Å². The molecule has 1 aliphatic heterocycles. The van der Waals surface area contributed by atoms with Crippen molar-refractivity contribution in [3.05, 3.63) is 35.4 Å². The lowest BCUT2D eigenvalue weighted by Gasteiger charge is -2.25. The van der Waals surface area contributed by atoms with Crippen LogP contribution in [0.2, 0.25) is 0 Å². The smallest absolute Gasteiger partial charge is 0.0240 e. The van der Waals surface area contributed by atoms with E-state index >= 15 is 0 Å². The van der Waals surface area contributed by atoms with Crippen molar-refractivity contribution < 1.29 is 0 Å². The molecule has 0 fully saturated rings. The molecule has 1 heteroatoms. The largest absolute Gasteiger partial charge is 0.294 e. The van der Waals surface area contributed by atoms with Gasteiger partial charge >= 0.3 is 0 Å². The first-order valence-electron chi connectivity index (χ1n) is 5.34. The predicted octanol–water partition coefficient (Wildman–Crippen LogP) is 3.05. The minimum Gasteiger partial charge on any atom is -0.294 e. The zero-order chi connectivity index (χ0) is 10.2. The van der Waals surface area contributed by atoms with Crippen LogP contribution in [-0.4, -0.2) is 11.4 Å². The Hall–Kier alpha value is -0.820. The van der Waals surface area contributed by atoms with E-state index in [0.717, 1.165) is 13.1 Å². The van der Waals surface area contributed by atoms with Gasteiger partial charge in [0, 0.05) is 19.6 Å². The van der Waals surface area contributed by atoms with E-state index in [-0.39, 0.29) is 0 Å². The molecule has 1 aromatic carbocycles. The minimum atomic E-state index is 0.405. The third kappa shape index (κ3) is 2.16. The molecule has 1 aromatic rings. The van der Waals surface area contributed by atoms with Crippen molar-refractivity contribution in [2.75, 3.05) is 6.54 Å². The molecule has 0 N–H and O–H groups in total. The van der Waals surface area contributed by atoms with Crippen molar-refractivity contribution in [2.45, 2.75) is 33.9 Å². The lowest BCUT2D eigenvalue weighted by atomic mass is 9.96. The van der Waals surface area contributed by atoms with Crippen molar-refractivity contribution >= 4 is 0 Å². The average Bonchev–Trinajstić information content (AvgIpc) is 2.42. The summed E-state index contributed by atoms with van der Waals surface area (Å²) in [5.41, 5.74) is 3.43. The van der Waals surface area contributed by atoms with Crippen molar-refractivity contribution in [3.63, 3.8) is 0 Å². The van der Waals surface area contributed by atoms with E-state index in [0.29, 0.717) is 5.41 Å². The van der Waals surface area contributed by atoms with Crippen molar-refractivity contribution in [1.29, 1.82) is 0 Å². The summed E-state index contributed by atoms with van der Waals surface area (Å²) >= 11 is 0. The molecule has 14 heavy (non-hydrogen) atoms. The van der Waals surface area contributed by atoms with Gasteiger partial charge in [0.15, 0.2) is 0 Å².